The first-order valence-electron chi connectivity index (χ1n) is 3.79. The van der Waals surface area contributed by atoms with E-state index in [4.69, 9.17) is 16.3 Å². The minimum absolute atomic E-state index is 0.427. The fourth-order valence-electron chi connectivity index (χ4n) is 1.05. The molecule has 2 nitrogen and oxygen atoms in total. The molecule has 0 spiro atoms. The molecule has 74 valence electrons. The lowest BCUT2D eigenvalue weighted by atomic mass is 10.1. The molecule has 0 saturated heterocycles. The van der Waals surface area contributed by atoms with E-state index < -0.39 is 0 Å². The largest absolute Gasteiger partial charge is 0.495 e. The molecule has 0 heterocycles. The van der Waals surface area contributed by atoms with Crippen molar-refractivity contribution < 1.29 is 4.74 Å². The molecule has 0 radical (unpaired) electrons. The Balaban J connectivity index is 3.38. The highest BCUT2D eigenvalue weighted by molar-refractivity contribution is 9.10. The zero-order valence-corrected chi connectivity index (χ0v) is 10.0. The lowest BCUT2D eigenvalue weighted by molar-refractivity contribution is 0.412. The summed E-state index contributed by atoms with van der Waals surface area (Å²) in [5.41, 5.74) is 1.40. The van der Waals surface area contributed by atoms with Gasteiger partial charge < -0.3 is 4.74 Å². The number of halogens is 2. The first-order chi connectivity index (χ1) is 6.60. The van der Waals surface area contributed by atoms with E-state index in [1.54, 1.807) is 19.2 Å². The Bertz CT molecular complexity index is 390. The Kier molecular flexibility index (Phi) is 3.72. The molecule has 1 aromatic rings. The van der Waals surface area contributed by atoms with E-state index in [-0.39, 0.29) is 0 Å². The van der Waals surface area contributed by atoms with Crippen LogP contribution in [0.2, 0.25) is 0 Å². The van der Waals surface area contributed by atoms with Crippen LogP contribution in [0.3, 0.4) is 0 Å². The van der Waals surface area contributed by atoms with Crippen LogP contribution in [0.1, 0.15) is 5.56 Å². The van der Waals surface area contributed by atoms with Gasteiger partial charge in [0, 0.05) is 16.7 Å². The quantitative estimate of drug-likeness (QED) is 0.764. The topological polar surface area (TPSA) is 21.6 Å². The van der Waals surface area contributed by atoms with Crippen LogP contribution in [0.5, 0.6) is 5.75 Å². The van der Waals surface area contributed by atoms with Crippen molar-refractivity contribution >= 4 is 45.0 Å². The Morgan fingerprint density at radius 3 is 2.64 bits per heavy atom. The second-order valence-corrected chi connectivity index (χ2v) is 3.88. The minimum Gasteiger partial charge on any atom is -0.495 e. The van der Waals surface area contributed by atoms with E-state index >= 15 is 0 Å². The monoisotopic (exact) mass is 273 g/mol. The van der Waals surface area contributed by atoms with Crippen molar-refractivity contribution in [2.75, 3.05) is 7.11 Å². The Hall–Kier alpha value is -0.800. The van der Waals surface area contributed by atoms with Crippen LogP contribution in [0, 0.1) is 0 Å². The summed E-state index contributed by atoms with van der Waals surface area (Å²) < 4.78 is 5.92. The summed E-state index contributed by atoms with van der Waals surface area (Å²) in [4.78, 5) is 3.85. The van der Waals surface area contributed by atoms with E-state index in [1.807, 2.05) is 0 Å². The zero-order chi connectivity index (χ0) is 10.7. The van der Waals surface area contributed by atoms with Gasteiger partial charge in [-0.25, -0.2) is 0 Å². The SMILES string of the molecule is C=Nc1cc(OC)c(Br)cc1C(=C)Cl. The van der Waals surface area contributed by atoms with Gasteiger partial charge in [-0.3, -0.25) is 4.99 Å². The molecule has 0 aromatic heterocycles. The molecule has 4 heteroatoms. The van der Waals surface area contributed by atoms with Gasteiger partial charge in [-0.1, -0.05) is 18.2 Å². The molecule has 0 aliphatic carbocycles. The van der Waals surface area contributed by atoms with Crippen molar-refractivity contribution in [3.05, 3.63) is 28.7 Å². The standard InChI is InChI=1S/C10H9BrClNO/c1-6(12)7-4-8(11)10(14-3)5-9(7)13-2/h4-5H,1-2H2,3H3. The zero-order valence-electron chi connectivity index (χ0n) is 7.68. The van der Waals surface area contributed by atoms with Crippen LogP contribution in [0.15, 0.2) is 28.2 Å². The van der Waals surface area contributed by atoms with Crippen molar-refractivity contribution in [1.29, 1.82) is 0 Å². The number of ether oxygens (including phenoxy) is 1. The van der Waals surface area contributed by atoms with Gasteiger partial charge in [0.05, 0.1) is 17.3 Å². The summed E-state index contributed by atoms with van der Waals surface area (Å²) in [5.74, 6) is 0.689. The number of rotatable bonds is 3. The van der Waals surface area contributed by atoms with Crippen LogP contribution in [-0.4, -0.2) is 13.8 Å². The van der Waals surface area contributed by atoms with Gasteiger partial charge in [-0.05, 0) is 28.7 Å². The normalized spacial score (nSPS) is 9.64. The summed E-state index contributed by atoms with van der Waals surface area (Å²) in [6, 6.07) is 3.55. The number of benzene rings is 1. The summed E-state index contributed by atoms with van der Waals surface area (Å²) in [5, 5.41) is 0.427. The maximum atomic E-state index is 5.81. The molecule has 0 atom stereocenters. The Labute approximate surface area is 96.4 Å². The molecule has 0 aliphatic rings. The van der Waals surface area contributed by atoms with Gasteiger partial charge in [0.25, 0.3) is 0 Å². The van der Waals surface area contributed by atoms with Gasteiger partial charge in [-0.15, -0.1) is 0 Å². The molecular weight excluding hydrogens is 265 g/mol. The predicted molar refractivity (Wildman–Crippen MR) is 64.8 cm³/mol. The average molecular weight is 275 g/mol. The molecular formula is C10H9BrClNO. The first-order valence-corrected chi connectivity index (χ1v) is 4.96. The molecule has 1 aromatic carbocycles. The van der Waals surface area contributed by atoms with E-state index in [9.17, 15) is 0 Å². The first kappa shape index (κ1) is 11.3. The molecule has 0 saturated carbocycles. The van der Waals surface area contributed by atoms with Crippen molar-refractivity contribution in [2.45, 2.75) is 0 Å². The fourth-order valence-corrected chi connectivity index (χ4v) is 1.70. The highest BCUT2D eigenvalue weighted by Gasteiger charge is 2.08. The maximum Gasteiger partial charge on any atom is 0.135 e. The molecule has 0 unspecified atom stereocenters. The molecule has 0 N–H and O–H groups in total. The van der Waals surface area contributed by atoms with Gasteiger partial charge in [-0.2, -0.15) is 0 Å². The molecule has 0 amide bonds. The summed E-state index contributed by atoms with van der Waals surface area (Å²) >= 11 is 9.16. The van der Waals surface area contributed by atoms with Gasteiger partial charge in [0.15, 0.2) is 0 Å². The van der Waals surface area contributed by atoms with E-state index in [0.717, 1.165) is 10.0 Å². The lowest BCUT2D eigenvalue weighted by Crippen LogP contribution is -1.86. The number of nitrogens with zero attached hydrogens (tertiary/aromatic N) is 1. The molecule has 14 heavy (non-hydrogen) atoms. The maximum absolute atomic E-state index is 5.81. The van der Waals surface area contributed by atoms with Gasteiger partial charge >= 0.3 is 0 Å². The van der Waals surface area contributed by atoms with Crippen molar-refractivity contribution in [3.8, 4) is 5.75 Å². The number of hydrogen-bond acceptors (Lipinski definition) is 2. The van der Waals surface area contributed by atoms with Crippen molar-refractivity contribution in [3.63, 3.8) is 0 Å². The summed E-state index contributed by atoms with van der Waals surface area (Å²) in [6.45, 7) is 7.11. The van der Waals surface area contributed by atoms with Crippen LogP contribution in [0.25, 0.3) is 5.03 Å². The number of aliphatic imine (C=N–C) groups is 1. The average Bonchev–Trinajstić information content (AvgIpc) is 2.17. The summed E-state index contributed by atoms with van der Waals surface area (Å²) in [6.07, 6.45) is 0. The molecule has 0 bridgehead atoms. The Morgan fingerprint density at radius 2 is 2.21 bits per heavy atom. The smallest absolute Gasteiger partial charge is 0.135 e. The van der Waals surface area contributed by atoms with Gasteiger partial charge in [0.1, 0.15) is 5.75 Å². The third-order valence-corrected chi connectivity index (χ3v) is 2.56. The highest BCUT2D eigenvalue weighted by atomic mass is 79.9. The van der Waals surface area contributed by atoms with E-state index in [2.05, 4.69) is 34.2 Å². The third kappa shape index (κ3) is 2.16. The van der Waals surface area contributed by atoms with Gasteiger partial charge in [0.2, 0.25) is 0 Å². The van der Waals surface area contributed by atoms with Crippen LogP contribution < -0.4 is 4.74 Å². The third-order valence-electron chi connectivity index (χ3n) is 1.73. The molecule has 0 aliphatic heterocycles. The second kappa shape index (κ2) is 4.62. The highest BCUT2D eigenvalue weighted by Crippen LogP contribution is 2.36. The number of hydrogen-bond donors (Lipinski definition) is 0. The second-order valence-electron chi connectivity index (χ2n) is 2.57. The van der Waals surface area contributed by atoms with Crippen LogP contribution in [0.4, 0.5) is 5.69 Å². The molecule has 1 rings (SSSR count). The van der Waals surface area contributed by atoms with Crippen LogP contribution >= 0.6 is 27.5 Å². The number of methoxy groups -OCH3 is 1. The van der Waals surface area contributed by atoms with Crippen molar-refractivity contribution in [1.82, 2.24) is 0 Å². The van der Waals surface area contributed by atoms with Crippen LogP contribution in [-0.2, 0) is 0 Å². The lowest BCUT2D eigenvalue weighted by Gasteiger charge is -2.08. The van der Waals surface area contributed by atoms with E-state index in [1.165, 1.54) is 0 Å². The minimum atomic E-state index is 0.427. The Morgan fingerprint density at radius 1 is 1.57 bits per heavy atom. The van der Waals surface area contributed by atoms with Crippen molar-refractivity contribution in [2.24, 2.45) is 4.99 Å². The predicted octanol–water partition coefficient (Wildman–Crippen LogP) is 4.00. The fraction of sp³-hybridized carbons (Fsp3) is 0.100. The van der Waals surface area contributed by atoms with E-state index in [0.29, 0.717) is 16.5 Å². The summed E-state index contributed by atoms with van der Waals surface area (Å²) in [7, 11) is 1.59. The molecule has 0 fully saturated rings.